The highest BCUT2D eigenvalue weighted by molar-refractivity contribution is 7.80. The Morgan fingerprint density at radius 1 is 1.03 bits per heavy atom. The lowest BCUT2D eigenvalue weighted by Gasteiger charge is -2.11. The van der Waals surface area contributed by atoms with Gasteiger partial charge in [-0.25, -0.2) is 4.39 Å². The number of benzene rings is 2. The second-order valence-corrected chi connectivity index (χ2v) is 7.59. The molecule has 2 aromatic rings. The smallest absolute Gasteiger partial charge is 0.128 e. The summed E-state index contributed by atoms with van der Waals surface area (Å²) in [5.74, 6) is 0.754. The Balaban J connectivity index is 0. The van der Waals surface area contributed by atoms with Gasteiger partial charge in [-0.3, -0.25) is 0 Å². The van der Waals surface area contributed by atoms with Crippen LogP contribution in [0.3, 0.4) is 0 Å². The Bertz CT molecular complexity index is 742. The van der Waals surface area contributed by atoms with Gasteiger partial charge in [-0.2, -0.15) is 0 Å². The van der Waals surface area contributed by atoms with Crippen LogP contribution in [-0.2, 0) is 0 Å². The molecular formula is C27H43ClFNS. The van der Waals surface area contributed by atoms with Gasteiger partial charge in [-0.15, -0.1) is 12.6 Å². The lowest BCUT2D eigenvalue weighted by atomic mass is 9.98. The molecule has 0 aliphatic rings. The minimum Gasteiger partial charge on any atom is -0.355 e. The first-order valence-corrected chi connectivity index (χ1v) is 12.4. The van der Waals surface area contributed by atoms with Crippen molar-refractivity contribution in [3.8, 4) is 0 Å². The summed E-state index contributed by atoms with van der Waals surface area (Å²) in [5.41, 5.74) is 2.79. The number of hydrogen-bond donors (Lipinski definition) is 2. The van der Waals surface area contributed by atoms with Crippen molar-refractivity contribution in [3.05, 3.63) is 64.9 Å². The number of anilines is 1. The van der Waals surface area contributed by atoms with Gasteiger partial charge < -0.3 is 5.32 Å². The van der Waals surface area contributed by atoms with Crippen molar-refractivity contribution in [2.24, 2.45) is 5.92 Å². The molecule has 31 heavy (non-hydrogen) atoms. The van der Waals surface area contributed by atoms with E-state index in [0.717, 1.165) is 11.5 Å². The fourth-order valence-corrected chi connectivity index (χ4v) is 3.05. The number of nitrogens with one attached hydrogen (secondary N) is 1. The van der Waals surface area contributed by atoms with Crippen LogP contribution in [-0.4, -0.2) is 0 Å². The highest BCUT2D eigenvalue weighted by atomic mass is 35.5. The molecule has 0 atom stereocenters. The number of hydrogen-bond acceptors (Lipinski definition) is 2. The zero-order chi connectivity index (χ0) is 24.4. The van der Waals surface area contributed by atoms with Crippen LogP contribution in [0.2, 0.25) is 5.02 Å². The summed E-state index contributed by atoms with van der Waals surface area (Å²) in [5, 5.41) is 3.65. The average molecular weight is 468 g/mol. The minimum absolute atomic E-state index is 0.246. The van der Waals surface area contributed by atoms with Crippen molar-refractivity contribution in [2.45, 2.75) is 86.0 Å². The molecule has 0 aliphatic heterocycles. The van der Waals surface area contributed by atoms with Gasteiger partial charge in [0.2, 0.25) is 0 Å². The van der Waals surface area contributed by atoms with Gasteiger partial charge in [0, 0.05) is 16.3 Å². The minimum atomic E-state index is -0.246. The molecular weight excluding hydrogens is 425 g/mol. The molecule has 2 aromatic carbocycles. The molecule has 0 saturated heterocycles. The molecule has 0 spiro atoms. The molecule has 0 fully saturated rings. The highest BCUT2D eigenvalue weighted by Crippen LogP contribution is 2.25. The van der Waals surface area contributed by atoms with E-state index in [1.165, 1.54) is 31.7 Å². The van der Waals surface area contributed by atoms with E-state index < -0.39 is 0 Å². The number of halogens is 2. The molecule has 0 heterocycles. The fourth-order valence-electron chi connectivity index (χ4n) is 2.72. The SMILES string of the molecule is C=C(Nc1ccc(C)c(F)c1)c1ccc(Cl)c(S)c1.CC.CC.CCCC(CC)CC. The van der Waals surface area contributed by atoms with Crippen LogP contribution < -0.4 is 5.32 Å². The van der Waals surface area contributed by atoms with Crippen molar-refractivity contribution in [1.29, 1.82) is 0 Å². The molecule has 0 saturated carbocycles. The summed E-state index contributed by atoms with van der Waals surface area (Å²) in [6.45, 7) is 20.5. The normalized spacial score (nSPS) is 9.42. The van der Waals surface area contributed by atoms with E-state index in [1.54, 1.807) is 25.1 Å². The van der Waals surface area contributed by atoms with E-state index in [2.05, 4.69) is 45.3 Å². The van der Waals surface area contributed by atoms with Crippen LogP contribution in [0.15, 0.2) is 47.9 Å². The fraction of sp³-hybridized carbons (Fsp3) is 0.481. The van der Waals surface area contributed by atoms with Gasteiger partial charge >= 0.3 is 0 Å². The Kier molecular flexibility index (Phi) is 19.7. The topological polar surface area (TPSA) is 12.0 Å². The first-order chi connectivity index (χ1) is 14.8. The number of thiol groups is 1. The summed E-state index contributed by atoms with van der Waals surface area (Å²) in [6, 6.07) is 10.4. The van der Waals surface area contributed by atoms with E-state index in [4.69, 9.17) is 11.6 Å². The van der Waals surface area contributed by atoms with E-state index in [9.17, 15) is 4.39 Å². The molecule has 176 valence electrons. The van der Waals surface area contributed by atoms with Crippen molar-refractivity contribution >= 4 is 35.6 Å². The monoisotopic (exact) mass is 467 g/mol. The maximum Gasteiger partial charge on any atom is 0.128 e. The average Bonchev–Trinajstić information content (AvgIpc) is 2.79. The zero-order valence-corrected chi connectivity index (χ0v) is 22.4. The first-order valence-electron chi connectivity index (χ1n) is 11.5. The summed E-state index contributed by atoms with van der Waals surface area (Å²) in [6.07, 6.45) is 5.51. The molecule has 2 rings (SSSR count). The molecule has 0 unspecified atom stereocenters. The highest BCUT2D eigenvalue weighted by Gasteiger charge is 2.04. The Labute approximate surface area is 201 Å². The maximum absolute atomic E-state index is 13.4. The first kappa shape index (κ1) is 31.7. The number of rotatable bonds is 7. The largest absolute Gasteiger partial charge is 0.355 e. The third kappa shape index (κ3) is 12.9. The quantitative estimate of drug-likeness (QED) is 0.385. The second kappa shape index (κ2) is 19.3. The molecule has 0 radical (unpaired) electrons. The standard InChI is InChI=1S/C15H13ClFNS.C8H18.2C2H6/c1-9-3-5-12(8-14(9)17)18-10(2)11-4-6-13(16)15(19)7-11;1-4-7-8(5-2)6-3;2*1-2/h3-8,18-19H,2H2,1H3;8H,4-7H2,1-3H3;2*1-2H3. The third-order valence-electron chi connectivity index (χ3n) is 4.61. The van der Waals surface area contributed by atoms with E-state index in [-0.39, 0.29) is 5.82 Å². The van der Waals surface area contributed by atoms with Crippen LogP contribution in [0.4, 0.5) is 10.1 Å². The van der Waals surface area contributed by atoms with Crippen LogP contribution >= 0.6 is 24.2 Å². The second-order valence-electron chi connectivity index (χ2n) is 6.70. The Morgan fingerprint density at radius 3 is 2.03 bits per heavy atom. The van der Waals surface area contributed by atoms with Crippen LogP contribution in [0, 0.1) is 18.7 Å². The van der Waals surface area contributed by atoms with Crippen molar-refractivity contribution in [1.82, 2.24) is 0 Å². The van der Waals surface area contributed by atoms with Gasteiger partial charge in [0.25, 0.3) is 0 Å². The lowest BCUT2D eigenvalue weighted by Crippen LogP contribution is -1.98. The molecule has 0 aliphatic carbocycles. The zero-order valence-electron chi connectivity index (χ0n) is 20.8. The van der Waals surface area contributed by atoms with E-state index in [0.29, 0.717) is 26.9 Å². The maximum atomic E-state index is 13.4. The molecule has 1 nitrogen and oxygen atoms in total. The summed E-state index contributed by atoms with van der Waals surface area (Å²) in [4.78, 5) is 0.678. The molecule has 0 bridgehead atoms. The molecule has 0 aromatic heterocycles. The van der Waals surface area contributed by atoms with Gasteiger partial charge in [0.05, 0.1) is 5.02 Å². The van der Waals surface area contributed by atoms with Crippen molar-refractivity contribution in [3.63, 3.8) is 0 Å². The van der Waals surface area contributed by atoms with Crippen molar-refractivity contribution in [2.75, 3.05) is 5.32 Å². The Morgan fingerprint density at radius 2 is 1.61 bits per heavy atom. The summed E-state index contributed by atoms with van der Waals surface area (Å²) in [7, 11) is 0. The van der Waals surface area contributed by atoms with Gasteiger partial charge in [-0.1, -0.05) is 104 Å². The van der Waals surface area contributed by atoms with Gasteiger partial charge in [0.15, 0.2) is 0 Å². The van der Waals surface area contributed by atoms with Crippen LogP contribution in [0.25, 0.3) is 5.70 Å². The molecule has 1 N–H and O–H groups in total. The summed E-state index contributed by atoms with van der Waals surface area (Å²) < 4.78 is 13.4. The van der Waals surface area contributed by atoms with E-state index in [1.807, 2.05) is 39.8 Å². The molecule has 4 heteroatoms. The lowest BCUT2D eigenvalue weighted by molar-refractivity contribution is 0.451. The van der Waals surface area contributed by atoms with Gasteiger partial charge in [0.1, 0.15) is 5.82 Å². The summed E-state index contributed by atoms with van der Waals surface area (Å²) >= 11 is 10.2. The third-order valence-corrected chi connectivity index (χ3v) is 5.44. The molecule has 0 amide bonds. The van der Waals surface area contributed by atoms with Crippen molar-refractivity contribution < 1.29 is 4.39 Å². The Hall–Kier alpha value is -1.45. The van der Waals surface area contributed by atoms with E-state index >= 15 is 0 Å². The predicted molar refractivity (Wildman–Crippen MR) is 144 cm³/mol. The predicted octanol–water partition coefficient (Wildman–Crippen LogP) is 10.4. The van der Waals surface area contributed by atoms with Crippen LogP contribution in [0.1, 0.15) is 85.3 Å². The number of aryl methyl sites for hydroxylation is 1. The van der Waals surface area contributed by atoms with Crippen LogP contribution in [0.5, 0.6) is 0 Å². The van der Waals surface area contributed by atoms with Gasteiger partial charge in [-0.05, 0) is 48.2 Å².